The number of benzene rings is 2. The topological polar surface area (TPSA) is 35.5 Å². The van der Waals surface area contributed by atoms with E-state index < -0.39 is 0 Å². The van der Waals surface area contributed by atoms with Crippen LogP contribution in [0.5, 0.6) is 11.5 Å². The minimum atomic E-state index is -0.293. The minimum Gasteiger partial charge on any atom is -0.497 e. The van der Waals surface area contributed by atoms with E-state index in [1.165, 1.54) is 0 Å². The molecule has 21 heavy (non-hydrogen) atoms. The van der Waals surface area contributed by atoms with Crippen LogP contribution in [0.3, 0.4) is 0 Å². The third-order valence-corrected chi connectivity index (χ3v) is 4.25. The van der Waals surface area contributed by atoms with Gasteiger partial charge in [0.15, 0.2) is 0 Å². The summed E-state index contributed by atoms with van der Waals surface area (Å²) in [5, 5.41) is 0. The Hall–Kier alpha value is -2.29. The first-order valence-corrected chi connectivity index (χ1v) is 6.99. The smallest absolute Gasteiger partial charge is 0.135 e. The van der Waals surface area contributed by atoms with E-state index in [9.17, 15) is 4.79 Å². The number of rotatable bonds is 4. The maximum Gasteiger partial charge on any atom is 0.135 e. The van der Waals surface area contributed by atoms with E-state index in [1.54, 1.807) is 14.2 Å². The Bertz CT molecular complexity index is 653. The number of hydrogen-bond acceptors (Lipinski definition) is 3. The van der Waals surface area contributed by atoms with Gasteiger partial charge in [-0.05, 0) is 23.8 Å². The van der Waals surface area contributed by atoms with Crippen LogP contribution in [0.25, 0.3) is 0 Å². The molecule has 1 aliphatic carbocycles. The molecule has 0 aromatic heterocycles. The van der Waals surface area contributed by atoms with Gasteiger partial charge in [-0.3, -0.25) is 4.79 Å². The lowest BCUT2D eigenvalue weighted by molar-refractivity contribution is -0.127. The number of carbonyl (C=O) groups excluding carboxylic acids is 1. The van der Waals surface area contributed by atoms with Crippen molar-refractivity contribution in [3.63, 3.8) is 0 Å². The van der Waals surface area contributed by atoms with Gasteiger partial charge in [-0.2, -0.15) is 0 Å². The molecule has 2 aromatic carbocycles. The number of methoxy groups -OCH3 is 2. The predicted octanol–water partition coefficient (Wildman–Crippen LogP) is 3.35. The molecule has 1 aliphatic rings. The molecule has 0 bridgehead atoms. The fourth-order valence-electron chi connectivity index (χ4n) is 3.12. The number of ether oxygens (including phenoxy) is 2. The molecule has 3 heteroatoms. The SMILES string of the molecule is COc1ccc(OC)c(C2(c3ccccc3)CC(=O)C2)c1. The first-order chi connectivity index (χ1) is 10.2. The Balaban J connectivity index is 2.16. The summed E-state index contributed by atoms with van der Waals surface area (Å²) < 4.78 is 10.9. The number of carbonyl (C=O) groups is 1. The molecule has 108 valence electrons. The summed E-state index contributed by atoms with van der Waals surface area (Å²) in [6.45, 7) is 0. The predicted molar refractivity (Wildman–Crippen MR) is 81.0 cm³/mol. The molecule has 0 aliphatic heterocycles. The third kappa shape index (κ3) is 2.19. The van der Waals surface area contributed by atoms with E-state index >= 15 is 0 Å². The van der Waals surface area contributed by atoms with Crippen molar-refractivity contribution in [2.24, 2.45) is 0 Å². The lowest BCUT2D eigenvalue weighted by Gasteiger charge is -2.42. The monoisotopic (exact) mass is 282 g/mol. The summed E-state index contributed by atoms with van der Waals surface area (Å²) in [5.41, 5.74) is 1.88. The largest absolute Gasteiger partial charge is 0.497 e. The van der Waals surface area contributed by atoms with Crippen molar-refractivity contribution < 1.29 is 14.3 Å². The molecule has 0 radical (unpaired) electrons. The van der Waals surface area contributed by atoms with Gasteiger partial charge < -0.3 is 9.47 Å². The van der Waals surface area contributed by atoms with Crippen molar-refractivity contribution in [2.75, 3.05) is 14.2 Å². The summed E-state index contributed by atoms with van der Waals surface area (Å²) in [4.78, 5) is 11.7. The molecule has 0 N–H and O–H groups in total. The van der Waals surface area contributed by atoms with Crippen molar-refractivity contribution in [2.45, 2.75) is 18.3 Å². The first-order valence-electron chi connectivity index (χ1n) is 6.99. The highest BCUT2D eigenvalue weighted by molar-refractivity contribution is 5.91. The molecule has 2 aromatic rings. The lowest BCUT2D eigenvalue weighted by Crippen LogP contribution is -2.42. The van der Waals surface area contributed by atoms with Gasteiger partial charge in [-0.15, -0.1) is 0 Å². The van der Waals surface area contributed by atoms with Gasteiger partial charge in [0, 0.05) is 23.8 Å². The minimum absolute atomic E-state index is 0.281. The van der Waals surface area contributed by atoms with E-state index in [2.05, 4.69) is 12.1 Å². The normalized spacial score (nSPS) is 16.2. The van der Waals surface area contributed by atoms with Gasteiger partial charge in [0.25, 0.3) is 0 Å². The van der Waals surface area contributed by atoms with E-state index in [-0.39, 0.29) is 11.2 Å². The zero-order valence-electron chi connectivity index (χ0n) is 12.3. The highest BCUT2D eigenvalue weighted by Crippen LogP contribution is 2.50. The molecule has 0 unspecified atom stereocenters. The Morgan fingerprint density at radius 2 is 1.67 bits per heavy atom. The molecular formula is C18H18O3. The molecule has 0 atom stereocenters. The second-order valence-electron chi connectivity index (χ2n) is 5.41. The van der Waals surface area contributed by atoms with Crippen molar-refractivity contribution >= 4 is 5.78 Å². The molecule has 1 fully saturated rings. The van der Waals surface area contributed by atoms with Crippen LogP contribution in [0.4, 0.5) is 0 Å². The summed E-state index contributed by atoms with van der Waals surface area (Å²) in [6.07, 6.45) is 1.03. The van der Waals surface area contributed by atoms with Crippen LogP contribution in [0, 0.1) is 0 Å². The van der Waals surface area contributed by atoms with Gasteiger partial charge in [0.2, 0.25) is 0 Å². The van der Waals surface area contributed by atoms with Gasteiger partial charge in [0.1, 0.15) is 17.3 Å². The number of hydrogen-bond donors (Lipinski definition) is 0. The Morgan fingerprint density at radius 1 is 0.952 bits per heavy atom. The standard InChI is InChI=1S/C18H18O3/c1-20-15-8-9-17(21-2)16(10-15)18(11-14(19)12-18)13-6-4-3-5-7-13/h3-10H,11-12H2,1-2H3. The molecule has 0 spiro atoms. The average Bonchev–Trinajstić information content (AvgIpc) is 2.52. The van der Waals surface area contributed by atoms with Crippen LogP contribution in [-0.2, 0) is 10.2 Å². The van der Waals surface area contributed by atoms with Crippen LogP contribution in [0.15, 0.2) is 48.5 Å². The summed E-state index contributed by atoms with van der Waals surface area (Å²) in [7, 11) is 3.30. The molecule has 3 nitrogen and oxygen atoms in total. The molecule has 1 saturated carbocycles. The van der Waals surface area contributed by atoms with E-state index in [4.69, 9.17) is 9.47 Å². The molecule has 0 amide bonds. The number of ketones is 1. The van der Waals surface area contributed by atoms with Crippen LogP contribution in [0.2, 0.25) is 0 Å². The van der Waals surface area contributed by atoms with Gasteiger partial charge in [0.05, 0.1) is 14.2 Å². The first kappa shape index (κ1) is 13.7. The fraction of sp³-hybridized carbons (Fsp3) is 0.278. The Kier molecular flexibility index (Phi) is 3.42. The maximum absolute atomic E-state index is 11.7. The maximum atomic E-state index is 11.7. The van der Waals surface area contributed by atoms with E-state index in [0.717, 1.165) is 22.6 Å². The van der Waals surface area contributed by atoms with Crippen LogP contribution >= 0.6 is 0 Å². The van der Waals surface area contributed by atoms with Gasteiger partial charge in [-0.1, -0.05) is 30.3 Å². The van der Waals surface area contributed by atoms with Crippen LogP contribution < -0.4 is 9.47 Å². The zero-order valence-corrected chi connectivity index (χ0v) is 12.3. The Morgan fingerprint density at radius 3 is 2.24 bits per heavy atom. The van der Waals surface area contributed by atoms with Crippen molar-refractivity contribution in [3.05, 3.63) is 59.7 Å². The zero-order chi connectivity index (χ0) is 14.9. The lowest BCUT2D eigenvalue weighted by atomic mass is 9.59. The van der Waals surface area contributed by atoms with Crippen molar-refractivity contribution in [1.29, 1.82) is 0 Å². The summed E-state index contributed by atoms with van der Waals surface area (Å²) >= 11 is 0. The highest BCUT2D eigenvalue weighted by atomic mass is 16.5. The number of Topliss-reactive ketones (excluding diaryl/α,β-unsaturated/α-hetero) is 1. The molecular weight excluding hydrogens is 264 g/mol. The molecule has 0 saturated heterocycles. The second kappa shape index (κ2) is 5.24. The molecule has 3 rings (SSSR count). The summed E-state index contributed by atoms with van der Waals surface area (Å²) in [5.74, 6) is 1.86. The quantitative estimate of drug-likeness (QED) is 0.862. The van der Waals surface area contributed by atoms with Crippen LogP contribution in [0.1, 0.15) is 24.0 Å². The van der Waals surface area contributed by atoms with Crippen molar-refractivity contribution in [1.82, 2.24) is 0 Å². The van der Waals surface area contributed by atoms with E-state index in [0.29, 0.717) is 12.8 Å². The van der Waals surface area contributed by atoms with E-state index in [1.807, 2.05) is 36.4 Å². The van der Waals surface area contributed by atoms with Crippen molar-refractivity contribution in [3.8, 4) is 11.5 Å². The van der Waals surface area contributed by atoms with Crippen LogP contribution in [-0.4, -0.2) is 20.0 Å². The second-order valence-corrected chi connectivity index (χ2v) is 5.41. The highest BCUT2D eigenvalue weighted by Gasteiger charge is 2.47. The fourth-order valence-corrected chi connectivity index (χ4v) is 3.12. The summed E-state index contributed by atoms with van der Waals surface area (Å²) in [6, 6.07) is 15.9. The Labute approximate surface area is 124 Å². The third-order valence-electron chi connectivity index (χ3n) is 4.25. The average molecular weight is 282 g/mol. The van der Waals surface area contributed by atoms with Gasteiger partial charge >= 0.3 is 0 Å². The molecule has 0 heterocycles. The van der Waals surface area contributed by atoms with Gasteiger partial charge in [-0.25, -0.2) is 0 Å².